The fourth-order valence-electron chi connectivity index (χ4n) is 2.73. The number of rotatable bonds is 7. The topological polar surface area (TPSA) is 47.6 Å². The molecule has 0 heterocycles. The molecule has 25 heavy (non-hydrogen) atoms. The van der Waals surface area contributed by atoms with Gasteiger partial charge in [-0.1, -0.05) is 25.1 Å². The van der Waals surface area contributed by atoms with Gasteiger partial charge in [0.15, 0.2) is 6.61 Å². The Balaban J connectivity index is 1.97. The number of hydrogen-bond acceptors (Lipinski definition) is 3. The van der Waals surface area contributed by atoms with Crippen molar-refractivity contribution in [2.75, 3.05) is 13.7 Å². The summed E-state index contributed by atoms with van der Waals surface area (Å²) >= 11 is 0. The van der Waals surface area contributed by atoms with E-state index in [4.69, 9.17) is 9.47 Å². The van der Waals surface area contributed by atoms with E-state index < -0.39 is 0 Å². The number of aryl methyl sites for hydroxylation is 3. The summed E-state index contributed by atoms with van der Waals surface area (Å²) in [4.78, 5) is 12.3. The van der Waals surface area contributed by atoms with E-state index >= 15 is 0 Å². The van der Waals surface area contributed by atoms with Crippen molar-refractivity contribution >= 4 is 5.91 Å². The van der Waals surface area contributed by atoms with Gasteiger partial charge in [0.25, 0.3) is 5.91 Å². The van der Waals surface area contributed by atoms with Crippen LogP contribution >= 0.6 is 0 Å². The molecule has 0 radical (unpaired) electrons. The molecule has 0 unspecified atom stereocenters. The van der Waals surface area contributed by atoms with Gasteiger partial charge in [-0.2, -0.15) is 0 Å². The third-order valence-corrected chi connectivity index (χ3v) is 4.41. The van der Waals surface area contributed by atoms with Gasteiger partial charge in [-0.15, -0.1) is 0 Å². The molecular weight excluding hydrogens is 314 g/mol. The molecule has 2 rings (SSSR count). The van der Waals surface area contributed by atoms with Gasteiger partial charge in [-0.3, -0.25) is 4.79 Å². The van der Waals surface area contributed by atoms with Crippen molar-refractivity contribution in [3.8, 4) is 11.5 Å². The van der Waals surface area contributed by atoms with E-state index in [1.807, 2.05) is 44.2 Å². The normalized spacial score (nSPS) is 11.7. The molecule has 0 aliphatic heterocycles. The Morgan fingerprint density at radius 2 is 1.80 bits per heavy atom. The second kappa shape index (κ2) is 8.56. The van der Waals surface area contributed by atoms with Crippen molar-refractivity contribution in [2.45, 2.75) is 40.2 Å². The second-order valence-electron chi connectivity index (χ2n) is 6.29. The van der Waals surface area contributed by atoms with Crippen LogP contribution in [0.25, 0.3) is 0 Å². The first-order chi connectivity index (χ1) is 11.9. The number of benzene rings is 2. The molecule has 0 fully saturated rings. The minimum atomic E-state index is -0.126. The summed E-state index contributed by atoms with van der Waals surface area (Å²) in [5, 5.41) is 3.04. The van der Waals surface area contributed by atoms with Gasteiger partial charge < -0.3 is 14.8 Å². The molecule has 0 aromatic heterocycles. The number of methoxy groups -OCH3 is 1. The molecule has 0 aliphatic carbocycles. The maximum Gasteiger partial charge on any atom is 0.258 e. The number of amides is 1. The summed E-state index contributed by atoms with van der Waals surface area (Å²) in [7, 11) is 1.66. The molecule has 0 saturated heterocycles. The molecule has 0 bridgehead atoms. The second-order valence-corrected chi connectivity index (χ2v) is 6.29. The van der Waals surface area contributed by atoms with Gasteiger partial charge in [-0.25, -0.2) is 0 Å². The molecular formula is C21H27NO3. The Morgan fingerprint density at radius 1 is 1.04 bits per heavy atom. The zero-order chi connectivity index (χ0) is 18.4. The lowest BCUT2D eigenvalue weighted by Crippen LogP contribution is -2.32. The number of hydrogen-bond donors (Lipinski definition) is 1. The summed E-state index contributed by atoms with van der Waals surface area (Å²) in [5.41, 5.74) is 4.48. The van der Waals surface area contributed by atoms with E-state index in [2.05, 4.69) is 25.2 Å². The maximum absolute atomic E-state index is 12.3. The molecule has 0 spiro atoms. The van der Waals surface area contributed by atoms with Gasteiger partial charge in [-0.05, 0) is 67.6 Å². The van der Waals surface area contributed by atoms with Gasteiger partial charge in [0.1, 0.15) is 11.5 Å². The summed E-state index contributed by atoms with van der Waals surface area (Å²) < 4.78 is 10.9. The van der Waals surface area contributed by atoms with Gasteiger partial charge in [0.2, 0.25) is 0 Å². The lowest BCUT2D eigenvalue weighted by Gasteiger charge is -2.19. The van der Waals surface area contributed by atoms with Crippen LogP contribution in [-0.4, -0.2) is 19.6 Å². The Bertz CT molecular complexity index is 740. The monoisotopic (exact) mass is 341 g/mol. The van der Waals surface area contributed by atoms with Gasteiger partial charge >= 0.3 is 0 Å². The van der Waals surface area contributed by atoms with E-state index in [9.17, 15) is 4.79 Å². The molecule has 2 aromatic rings. The van der Waals surface area contributed by atoms with Gasteiger partial charge in [0, 0.05) is 0 Å². The van der Waals surface area contributed by atoms with E-state index in [0.717, 1.165) is 28.9 Å². The van der Waals surface area contributed by atoms with Crippen molar-refractivity contribution in [3.05, 3.63) is 58.7 Å². The zero-order valence-corrected chi connectivity index (χ0v) is 15.7. The van der Waals surface area contributed by atoms with Crippen LogP contribution < -0.4 is 14.8 Å². The van der Waals surface area contributed by atoms with Crippen LogP contribution in [-0.2, 0) is 4.79 Å². The molecule has 4 heteroatoms. The number of nitrogens with one attached hydrogen (secondary N) is 1. The summed E-state index contributed by atoms with van der Waals surface area (Å²) in [6, 6.07) is 11.8. The Morgan fingerprint density at radius 3 is 2.40 bits per heavy atom. The predicted octanol–water partition coefficient (Wildman–Crippen LogP) is 4.27. The minimum Gasteiger partial charge on any atom is -0.496 e. The molecule has 134 valence electrons. The fraction of sp³-hybridized carbons (Fsp3) is 0.381. The first kappa shape index (κ1) is 18.8. The van der Waals surface area contributed by atoms with Crippen LogP contribution in [0, 0.1) is 20.8 Å². The van der Waals surface area contributed by atoms with Crippen LogP contribution in [0.15, 0.2) is 36.4 Å². The average Bonchev–Trinajstić information content (AvgIpc) is 2.60. The molecule has 0 aliphatic rings. The van der Waals surface area contributed by atoms with Crippen LogP contribution in [0.4, 0.5) is 0 Å². The van der Waals surface area contributed by atoms with E-state index in [-0.39, 0.29) is 18.6 Å². The Hall–Kier alpha value is -2.49. The van der Waals surface area contributed by atoms with Crippen molar-refractivity contribution in [1.82, 2.24) is 5.32 Å². The Kier molecular flexibility index (Phi) is 6.45. The van der Waals surface area contributed by atoms with E-state index in [1.165, 1.54) is 5.56 Å². The van der Waals surface area contributed by atoms with Crippen molar-refractivity contribution < 1.29 is 14.3 Å². The van der Waals surface area contributed by atoms with Gasteiger partial charge in [0.05, 0.1) is 13.2 Å². The molecule has 1 N–H and O–H groups in total. The molecule has 1 amide bonds. The van der Waals surface area contributed by atoms with Crippen LogP contribution in [0.2, 0.25) is 0 Å². The molecule has 4 nitrogen and oxygen atoms in total. The zero-order valence-electron chi connectivity index (χ0n) is 15.7. The minimum absolute atomic E-state index is 0.00807. The molecule has 0 saturated carbocycles. The highest BCUT2D eigenvalue weighted by atomic mass is 16.5. The summed E-state index contributed by atoms with van der Waals surface area (Å²) in [6.07, 6.45) is 0.807. The average molecular weight is 341 g/mol. The highest BCUT2D eigenvalue weighted by molar-refractivity contribution is 5.78. The van der Waals surface area contributed by atoms with E-state index in [1.54, 1.807) is 7.11 Å². The van der Waals surface area contributed by atoms with Crippen molar-refractivity contribution in [3.63, 3.8) is 0 Å². The van der Waals surface area contributed by atoms with Crippen molar-refractivity contribution in [1.29, 1.82) is 0 Å². The maximum atomic E-state index is 12.3. The quantitative estimate of drug-likeness (QED) is 0.818. The largest absolute Gasteiger partial charge is 0.496 e. The van der Waals surface area contributed by atoms with Crippen LogP contribution in [0.5, 0.6) is 11.5 Å². The summed E-state index contributed by atoms with van der Waals surface area (Å²) in [6.45, 7) is 8.14. The Labute approximate surface area is 150 Å². The van der Waals surface area contributed by atoms with Crippen LogP contribution in [0.3, 0.4) is 0 Å². The predicted molar refractivity (Wildman–Crippen MR) is 100 cm³/mol. The standard InChI is InChI=1S/C21H27NO3/c1-6-19(17-8-10-20(24-5)16(4)11-17)22-21(23)13-25-18-9-7-14(2)15(3)12-18/h7-12,19H,6,13H2,1-5H3,(H,22,23)/t19-/m1/s1. The highest BCUT2D eigenvalue weighted by Crippen LogP contribution is 2.24. The number of carbonyl (C=O) groups is 1. The third kappa shape index (κ3) is 4.99. The first-order valence-electron chi connectivity index (χ1n) is 8.58. The molecule has 2 aromatic carbocycles. The third-order valence-electron chi connectivity index (χ3n) is 4.41. The number of carbonyl (C=O) groups excluding carboxylic acids is 1. The lowest BCUT2D eigenvalue weighted by molar-refractivity contribution is -0.123. The van der Waals surface area contributed by atoms with E-state index in [0.29, 0.717) is 5.75 Å². The highest BCUT2D eigenvalue weighted by Gasteiger charge is 2.14. The SMILES string of the molecule is CC[C@@H](NC(=O)COc1ccc(C)c(C)c1)c1ccc(OC)c(C)c1. The summed E-state index contributed by atoms with van der Waals surface area (Å²) in [5.74, 6) is 1.44. The fourth-order valence-corrected chi connectivity index (χ4v) is 2.73. The smallest absolute Gasteiger partial charge is 0.258 e. The lowest BCUT2D eigenvalue weighted by atomic mass is 10.0. The first-order valence-corrected chi connectivity index (χ1v) is 8.58. The van der Waals surface area contributed by atoms with Crippen LogP contribution in [0.1, 0.15) is 41.6 Å². The van der Waals surface area contributed by atoms with Crippen molar-refractivity contribution in [2.24, 2.45) is 0 Å². The number of ether oxygens (including phenoxy) is 2. The molecule has 1 atom stereocenters.